The molecule has 1 atom stereocenters. The molecule has 1 aliphatic rings. The highest BCUT2D eigenvalue weighted by molar-refractivity contribution is 6.14. The van der Waals surface area contributed by atoms with Gasteiger partial charge in [0.25, 0.3) is 0 Å². The third-order valence-corrected chi connectivity index (χ3v) is 3.78. The topological polar surface area (TPSA) is 52.6 Å². The molecule has 1 aliphatic heterocycles. The lowest BCUT2D eigenvalue weighted by Gasteiger charge is -2.14. The van der Waals surface area contributed by atoms with E-state index in [0.717, 1.165) is 11.1 Å². The number of ketones is 1. The number of aryl methyl sites for hydroxylation is 1. The highest BCUT2D eigenvalue weighted by Gasteiger charge is 2.40. The van der Waals surface area contributed by atoms with Crippen molar-refractivity contribution in [1.29, 1.82) is 0 Å². The molecule has 23 heavy (non-hydrogen) atoms. The van der Waals surface area contributed by atoms with Crippen LogP contribution in [0.3, 0.4) is 0 Å². The molecule has 0 aliphatic carbocycles. The van der Waals surface area contributed by atoms with E-state index in [1.807, 2.05) is 37.3 Å². The summed E-state index contributed by atoms with van der Waals surface area (Å²) in [5.41, 5.74) is 2.57. The number of rotatable bonds is 4. The van der Waals surface area contributed by atoms with Crippen molar-refractivity contribution in [2.75, 3.05) is 7.11 Å². The molecule has 0 N–H and O–H groups in total. The molecular formula is C19H16O4. The number of esters is 1. The Morgan fingerprint density at radius 2 is 1.70 bits per heavy atom. The van der Waals surface area contributed by atoms with E-state index < -0.39 is 12.1 Å². The average Bonchev–Trinajstić information content (AvgIpc) is 2.92. The lowest BCUT2D eigenvalue weighted by atomic mass is 9.94. The van der Waals surface area contributed by atoms with Gasteiger partial charge >= 0.3 is 5.97 Å². The van der Waals surface area contributed by atoms with E-state index in [9.17, 15) is 9.59 Å². The van der Waals surface area contributed by atoms with E-state index in [1.54, 1.807) is 24.3 Å². The van der Waals surface area contributed by atoms with Crippen LogP contribution in [0.2, 0.25) is 0 Å². The summed E-state index contributed by atoms with van der Waals surface area (Å²) in [6, 6.07) is 16.3. The minimum Gasteiger partial charge on any atom is -0.489 e. The minimum atomic E-state index is -0.745. The van der Waals surface area contributed by atoms with Gasteiger partial charge in [0.15, 0.2) is 11.9 Å². The lowest BCUT2D eigenvalue weighted by molar-refractivity contribution is -0.142. The smallest absolute Gasteiger partial charge is 0.375 e. The number of ether oxygens (including phenoxy) is 2. The first kappa shape index (κ1) is 15.0. The maximum atomic E-state index is 12.8. The Bertz CT molecular complexity index is 773. The summed E-state index contributed by atoms with van der Waals surface area (Å²) in [5, 5.41) is 0. The second-order valence-electron chi connectivity index (χ2n) is 5.34. The van der Waals surface area contributed by atoms with Crippen LogP contribution < -0.4 is 0 Å². The summed E-state index contributed by atoms with van der Waals surface area (Å²) in [6.45, 7) is 1.97. The molecule has 0 bridgehead atoms. The van der Waals surface area contributed by atoms with Crippen LogP contribution >= 0.6 is 0 Å². The first-order valence-corrected chi connectivity index (χ1v) is 7.27. The van der Waals surface area contributed by atoms with Crippen LogP contribution in [0.5, 0.6) is 0 Å². The monoisotopic (exact) mass is 308 g/mol. The molecule has 0 saturated carbocycles. The molecule has 0 fully saturated rings. The number of benzene rings is 2. The number of hydrogen-bond donors (Lipinski definition) is 0. The summed E-state index contributed by atoms with van der Waals surface area (Å²) in [7, 11) is 1.37. The van der Waals surface area contributed by atoms with E-state index in [1.165, 1.54) is 7.11 Å². The molecule has 0 amide bonds. The van der Waals surface area contributed by atoms with Crippen molar-refractivity contribution in [3.05, 3.63) is 82.6 Å². The van der Waals surface area contributed by atoms with Gasteiger partial charge in [-0.25, -0.2) is 4.79 Å². The zero-order valence-electron chi connectivity index (χ0n) is 12.9. The van der Waals surface area contributed by atoms with Crippen molar-refractivity contribution in [3.8, 4) is 0 Å². The normalized spacial score (nSPS) is 17.1. The Morgan fingerprint density at radius 1 is 1.04 bits per heavy atom. The molecule has 0 radical (unpaired) electrons. The number of cyclic esters (lactones) is 1. The zero-order valence-corrected chi connectivity index (χ0v) is 12.9. The molecule has 1 unspecified atom stereocenters. The first-order valence-electron chi connectivity index (χ1n) is 7.27. The molecule has 0 aromatic heterocycles. The van der Waals surface area contributed by atoms with Crippen LogP contribution in [0, 0.1) is 6.92 Å². The molecule has 2 aromatic carbocycles. The van der Waals surface area contributed by atoms with Crippen molar-refractivity contribution in [2.24, 2.45) is 0 Å². The number of Topliss-reactive ketones (excluding diaryl/α,β-unsaturated/α-hetero) is 1. The van der Waals surface area contributed by atoms with E-state index in [4.69, 9.17) is 9.47 Å². The van der Waals surface area contributed by atoms with E-state index in [-0.39, 0.29) is 17.1 Å². The molecule has 2 aromatic rings. The van der Waals surface area contributed by atoms with Crippen molar-refractivity contribution in [3.63, 3.8) is 0 Å². The Labute approximate surface area is 134 Å². The molecule has 116 valence electrons. The van der Waals surface area contributed by atoms with Gasteiger partial charge in [0.05, 0.1) is 12.7 Å². The summed E-state index contributed by atoms with van der Waals surface area (Å²) >= 11 is 0. The van der Waals surface area contributed by atoms with Gasteiger partial charge in [-0.15, -0.1) is 0 Å². The number of carbonyl (C=O) groups excluding carboxylic acids is 2. The van der Waals surface area contributed by atoms with Gasteiger partial charge < -0.3 is 9.47 Å². The molecular weight excluding hydrogens is 292 g/mol. The Hall–Kier alpha value is -2.88. The molecule has 3 rings (SSSR count). The fraction of sp³-hybridized carbons (Fsp3) is 0.158. The van der Waals surface area contributed by atoms with Crippen molar-refractivity contribution < 1.29 is 19.1 Å². The summed E-state index contributed by atoms with van der Waals surface area (Å²) in [5.74, 6) is -0.902. The van der Waals surface area contributed by atoms with Crippen molar-refractivity contribution in [1.82, 2.24) is 0 Å². The highest BCUT2D eigenvalue weighted by atomic mass is 16.6. The second kappa shape index (κ2) is 6.08. The van der Waals surface area contributed by atoms with Crippen LogP contribution in [-0.2, 0) is 14.3 Å². The van der Waals surface area contributed by atoms with Crippen LogP contribution in [0.1, 0.15) is 27.6 Å². The highest BCUT2D eigenvalue weighted by Crippen LogP contribution is 2.37. The average molecular weight is 308 g/mol. The van der Waals surface area contributed by atoms with Gasteiger partial charge in [0.2, 0.25) is 5.76 Å². The molecule has 0 spiro atoms. The van der Waals surface area contributed by atoms with Crippen LogP contribution in [-0.4, -0.2) is 18.9 Å². The summed E-state index contributed by atoms with van der Waals surface area (Å²) in [6.07, 6.45) is -0.745. The van der Waals surface area contributed by atoms with E-state index in [0.29, 0.717) is 5.56 Å². The van der Waals surface area contributed by atoms with Gasteiger partial charge in [-0.3, -0.25) is 4.79 Å². The fourth-order valence-electron chi connectivity index (χ4n) is 2.58. The van der Waals surface area contributed by atoms with Gasteiger partial charge in [-0.2, -0.15) is 0 Å². The standard InChI is InChI=1S/C19H16O4/c1-12-8-10-14(11-9-12)17-15(18(22-2)19(21)23-17)16(20)13-6-4-3-5-7-13/h3-11,17H,1-2H3. The summed E-state index contributed by atoms with van der Waals surface area (Å²) < 4.78 is 10.5. The van der Waals surface area contributed by atoms with Gasteiger partial charge in [-0.1, -0.05) is 60.2 Å². The lowest BCUT2D eigenvalue weighted by Crippen LogP contribution is -2.11. The number of hydrogen-bond acceptors (Lipinski definition) is 4. The quantitative estimate of drug-likeness (QED) is 0.642. The third-order valence-electron chi connectivity index (χ3n) is 3.78. The number of carbonyl (C=O) groups is 2. The second-order valence-corrected chi connectivity index (χ2v) is 5.34. The van der Waals surface area contributed by atoms with E-state index in [2.05, 4.69) is 0 Å². The molecule has 4 heteroatoms. The largest absolute Gasteiger partial charge is 0.489 e. The van der Waals surface area contributed by atoms with Crippen LogP contribution in [0.4, 0.5) is 0 Å². The maximum Gasteiger partial charge on any atom is 0.375 e. The van der Waals surface area contributed by atoms with Crippen molar-refractivity contribution in [2.45, 2.75) is 13.0 Å². The maximum absolute atomic E-state index is 12.8. The Morgan fingerprint density at radius 3 is 2.30 bits per heavy atom. The SMILES string of the molecule is COC1=C(C(=O)c2ccccc2)C(c2ccc(C)cc2)OC1=O. The summed E-state index contributed by atoms with van der Waals surface area (Å²) in [4.78, 5) is 24.9. The van der Waals surface area contributed by atoms with Gasteiger partial charge in [0.1, 0.15) is 0 Å². The van der Waals surface area contributed by atoms with Crippen LogP contribution in [0.15, 0.2) is 65.9 Å². The molecule has 1 heterocycles. The zero-order chi connectivity index (χ0) is 16.4. The van der Waals surface area contributed by atoms with Crippen LogP contribution in [0.25, 0.3) is 0 Å². The van der Waals surface area contributed by atoms with Gasteiger partial charge in [-0.05, 0) is 12.5 Å². The molecule has 4 nitrogen and oxygen atoms in total. The Kier molecular flexibility index (Phi) is 3.98. The minimum absolute atomic E-state index is 0.0237. The van der Waals surface area contributed by atoms with Crippen molar-refractivity contribution >= 4 is 11.8 Å². The first-order chi connectivity index (χ1) is 11.1. The van der Waals surface area contributed by atoms with Gasteiger partial charge in [0, 0.05) is 5.56 Å². The fourth-order valence-corrected chi connectivity index (χ4v) is 2.58. The predicted octanol–water partition coefficient (Wildman–Crippen LogP) is 3.38. The third kappa shape index (κ3) is 2.75. The predicted molar refractivity (Wildman–Crippen MR) is 84.8 cm³/mol. The number of methoxy groups -OCH3 is 1. The Balaban J connectivity index is 2.07. The van der Waals surface area contributed by atoms with E-state index >= 15 is 0 Å². The molecule has 0 saturated heterocycles.